The first-order chi connectivity index (χ1) is 5.49. The van der Waals surface area contributed by atoms with Crippen molar-refractivity contribution in [1.29, 1.82) is 0 Å². The van der Waals surface area contributed by atoms with Crippen molar-refractivity contribution < 1.29 is 13.3 Å². The van der Waals surface area contributed by atoms with Crippen molar-refractivity contribution in [3.8, 4) is 0 Å². The highest BCUT2D eigenvalue weighted by molar-refractivity contribution is 7.34. The van der Waals surface area contributed by atoms with Gasteiger partial charge in [-0.15, -0.1) is 0 Å². The molecule has 0 aromatic heterocycles. The molecule has 0 aromatic carbocycles. The fourth-order valence-electron chi connectivity index (χ4n) is 1.30. The van der Waals surface area contributed by atoms with Crippen molar-refractivity contribution >= 4 is 15.9 Å². The van der Waals surface area contributed by atoms with Gasteiger partial charge in [0.05, 0.1) is 0 Å². The van der Waals surface area contributed by atoms with E-state index >= 15 is 0 Å². The van der Waals surface area contributed by atoms with E-state index in [2.05, 4.69) is 20.0 Å². The highest BCUT2D eigenvalue weighted by Crippen LogP contribution is 2.24. The average Bonchev–Trinajstić information content (AvgIpc) is 2.08. The predicted molar refractivity (Wildman–Crippen MR) is 54.7 cm³/mol. The van der Waals surface area contributed by atoms with Crippen molar-refractivity contribution in [2.24, 2.45) is 0 Å². The third-order valence-corrected chi connectivity index (χ3v) is 15.4. The summed E-state index contributed by atoms with van der Waals surface area (Å²) in [5, 5.41) is 0. The van der Waals surface area contributed by atoms with E-state index in [9.17, 15) is 0 Å². The van der Waals surface area contributed by atoms with E-state index in [0.717, 1.165) is 6.04 Å². The maximum Gasteiger partial charge on any atom is 0.468 e. The van der Waals surface area contributed by atoms with Crippen LogP contribution in [-0.2, 0) is 13.3 Å². The molecule has 0 amide bonds. The van der Waals surface area contributed by atoms with E-state index in [0.29, 0.717) is 0 Å². The van der Waals surface area contributed by atoms with Gasteiger partial charge in [-0.25, -0.2) is 0 Å². The van der Waals surface area contributed by atoms with Gasteiger partial charge in [0.25, 0.3) is 0 Å². The van der Waals surface area contributed by atoms with Gasteiger partial charge >= 0.3 is 8.32 Å². The van der Waals surface area contributed by atoms with Crippen LogP contribution < -0.4 is 0 Å². The molecule has 0 unspecified atom stereocenters. The lowest BCUT2D eigenvalue weighted by atomic mass is 11.0. The van der Waals surface area contributed by atoms with Gasteiger partial charge in [-0.2, -0.15) is 0 Å². The summed E-state index contributed by atoms with van der Waals surface area (Å²) in [4.78, 5) is 0. The average molecular weight is 208 g/mol. The fourth-order valence-corrected chi connectivity index (χ4v) is 10.2. The quantitative estimate of drug-likeness (QED) is 0.643. The number of rotatable bonds is 5. The van der Waals surface area contributed by atoms with Crippen LogP contribution in [0.15, 0.2) is 0 Å². The molecule has 12 heavy (non-hydrogen) atoms. The molecule has 0 aliphatic rings. The van der Waals surface area contributed by atoms with Crippen LogP contribution in [0.1, 0.15) is 6.92 Å². The zero-order chi connectivity index (χ0) is 9.83. The third kappa shape index (κ3) is 1.97. The lowest BCUT2D eigenvalue weighted by Gasteiger charge is -2.36. The molecule has 3 nitrogen and oxygen atoms in total. The Morgan fingerprint density at radius 3 is 1.33 bits per heavy atom. The second-order valence-corrected chi connectivity index (χ2v) is 16.1. The Labute approximate surface area is 77.2 Å². The van der Waals surface area contributed by atoms with Crippen molar-refractivity contribution in [2.45, 2.75) is 26.1 Å². The zero-order valence-corrected chi connectivity index (χ0v) is 10.9. The van der Waals surface area contributed by atoms with Crippen LogP contribution >= 0.6 is 0 Å². The molecule has 0 bridgehead atoms. The number of hydrogen-bond donors (Lipinski definition) is 0. The Morgan fingerprint density at radius 2 is 1.25 bits per heavy atom. The summed E-state index contributed by atoms with van der Waals surface area (Å²) in [5.41, 5.74) is 0. The molecular formula is C7H20O3Si2. The van der Waals surface area contributed by atoms with Gasteiger partial charge < -0.3 is 13.3 Å². The molecule has 0 spiro atoms. The molecular weight excluding hydrogens is 188 g/mol. The van der Waals surface area contributed by atoms with Crippen LogP contribution in [0.5, 0.6) is 0 Å². The fraction of sp³-hybridized carbons (Fsp3) is 1.00. The minimum absolute atomic E-state index is 1.12. The largest absolute Gasteiger partial charge is 0.468 e. The van der Waals surface area contributed by atoms with Crippen molar-refractivity contribution in [2.75, 3.05) is 21.3 Å². The number of hydrogen-bond acceptors (Lipinski definition) is 3. The van der Waals surface area contributed by atoms with Crippen molar-refractivity contribution in [3.05, 3.63) is 0 Å². The minimum atomic E-state index is -2.31. The van der Waals surface area contributed by atoms with Crippen LogP contribution in [0.2, 0.25) is 19.1 Å². The topological polar surface area (TPSA) is 27.7 Å². The first-order valence-corrected chi connectivity index (χ1v) is 10.1. The van der Waals surface area contributed by atoms with Crippen LogP contribution in [0, 0.1) is 0 Å². The molecule has 0 saturated heterocycles. The summed E-state index contributed by atoms with van der Waals surface area (Å²) in [5.74, 6) is 0. The Balaban J connectivity index is 4.69. The lowest BCUT2D eigenvalue weighted by molar-refractivity contribution is 0.145. The van der Waals surface area contributed by atoms with Gasteiger partial charge in [-0.1, -0.05) is 26.1 Å². The monoisotopic (exact) mass is 208 g/mol. The highest BCUT2D eigenvalue weighted by atomic mass is 29.3. The standard InChI is InChI=1S/C7H20O3Si2/c1-7-11(5,6)12(8-2,9-3)10-4/h7H2,1-6H3. The van der Waals surface area contributed by atoms with Gasteiger partial charge in [-0.3, -0.25) is 0 Å². The zero-order valence-electron chi connectivity index (χ0n) is 8.93. The summed E-state index contributed by atoms with van der Waals surface area (Å²) < 4.78 is 16.3. The van der Waals surface area contributed by atoms with E-state index in [4.69, 9.17) is 13.3 Å². The molecule has 0 fully saturated rings. The Bertz CT molecular complexity index is 126. The van der Waals surface area contributed by atoms with E-state index in [-0.39, 0.29) is 0 Å². The van der Waals surface area contributed by atoms with Gasteiger partial charge in [0.2, 0.25) is 0 Å². The van der Waals surface area contributed by atoms with Gasteiger partial charge in [0.15, 0.2) is 0 Å². The van der Waals surface area contributed by atoms with Gasteiger partial charge in [0, 0.05) is 21.3 Å². The molecule has 0 N–H and O–H groups in total. The molecule has 0 aromatic rings. The van der Waals surface area contributed by atoms with E-state index < -0.39 is 15.9 Å². The summed E-state index contributed by atoms with van der Waals surface area (Å²) in [6.45, 7) is 6.66. The summed E-state index contributed by atoms with van der Waals surface area (Å²) in [7, 11) is 1.26. The molecule has 74 valence electrons. The van der Waals surface area contributed by atoms with E-state index in [1.165, 1.54) is 0 Å². The van der Waals surface area contributed by atoms with Crippen LogP contribution in [0.4, 0.5) is 0 Å². The predicted octanol–water partition coefficient (Wildman–Crippen LogP) is 1.67. The summed E-state index contributed by atoms with van der Waals surface area (Å²) >= 11 is 0. The molecule has 0 radical (unpaired) electrons. The maximum atomic E-state index is 5.45. The van der Waals surface area contributed by atoms with Crippen LogP contribution in [0.25, 0.3) is 0 Å². The molecule has 5 heteroatoms. The van der Waals surface area contributed by atoms with Crippen LogP contribution in [-0.4, -0.2) is 37.2 Å². The molecule has 0 aliphatic carbocycles. The summed E-state index contributed by atoms with van der Waals surface area (Å²) in [6.07, 6.45) is 0. The first-order valence-electron chi connectivity index (χ1n) is 4.15. The van der Waals surface area contributed by atoms with E-state index in [1.54, 1.807) is 21.3 Å². The van der Waals surface area contributed by atoms with E-state index in [1.807, 2.05) is 0 Å². The molecule has 0 saturated carbocycles. The minimum Gasteiger partial charge on any atom is -0.380 e. The van der Waals surface area contributed by atoms with Gasteiger partial charge in [0.1, 0.15) is 7.59 Å². The first kappa shape index (κ1) is 12.3. The van der Waals surface area contributed by atoms with Crippen molar-refractivity contribution in [3.63, 3.8) is 0 Å². The Morgan fingerprint density at radius 1 is 0.917 bits per heavy atom. The second kappa shape index (κ2) is 4.52. The van der Waals surface area contributed by atoms with Crippen molar-refractivity contribution in [1.82, 2.24) is 0 Å². The molecule has 0 atom stereocenters. The molecule has 0 aliphatic heterocycles. The third-order valence-electron chi connectivity index (χ3n) is 2.52. The van der Waals surface area contributed by atoms with Gasteiger partial charge in [-0.05, 0) is 0 Å². The smallest absolute Gasteiger partial charge is 0.380 e. The Kier molecular flexibility index (Phi) is 4.64. The second-order valence-electron chi connectivity index (χ2n) is 3.41. The Hall–Kier alpha value is 0.314. The normalized spacial score (nSPS) is 13.5. The van der Waals surface area contributed by atoms with Crippen LogP contribution in [0.3, 0.4) is 0 Å². The SMILES string of the molecule is CC[Si](C)(C)[Si](OC)(OC)OC. The maximum absolute atomic E-state index is 5.45. The molecule has 0 rings (SSSR count). The highest BCUT2D eigenvalue weighted by Gasteiger charge is 2.53. The molecule has 0 heterocycles. The lowest BCUT2D eigenvalue weighted by Crippen LogP contribution is -2.64. The summed E-state index contributed by atoms with van der Waals surface area (Å²) in [6, 6.07) is 1.12.